The maximum atomic E-state index is 13.2. The minimum Gasteiger partial charge on any atom is -0.350 e. The summed E-state index contributed by atoms with van der Waals surface area (Å²) >= 11 is 3.37. The van der Waals surface area contributed by atoms with Gasteiger partial charge < -0.3 is 10.6 Å². The Morgan fingerprint density at radius 1 is 1.45 bits per heavy atom. The molecule has 0 aromatic heterocycles. The van der Waals surface area contributed by atoms with Crippen molar-refractivity contribution in [1.29, 1.82) is 0 Å². The average molecular weight is 345 g/mol. The molecule has 0 radical (unpaired) electrons. The number of carbonyl (C=O) groups excluding carboxylic acids is 1. The van der Waals surface area contributed by atoms with Crippen LogP contribution in [0.4, 0.5) is 4.39 Å². The molecule has 0 aliphatic heterocycles. The molecule has 1 amide bonds. The molecule has 0 aliphatic rings. The Hall–Kier alpha value is -0.940. The van der Waals surface area contributed by atoms with Crippen LogP contribution < -0.4 is 10.6 Å². The van der Waals surface area contributed by atoms with E-state index < -0.39 is 0 Å². The second-order valence-corrected chi connectivity index (χ2v) is 6.42. The van der Waals surface area contributed by atoms with Crippen LogP contribution in [0.25, 0.3) is 0 Å². The molecule has 1 unspecified atom stereocenters. The predicted molar refractivity (Wildman–Crippen MR) is 82.9 cm³/mol. The SMILES string of the molecule is CCC(C)(C)NC(=O)C(C)NCc1cc(F)ccc1Br. The first-order chi connectivity index (χ1) is 9.25. The summed E-state index contributed by atoms with van der Waals surface area (Å²) in [5.41, 5.74) is 0.575. The summed E-state index contributed by atoms with van der Waals surface area (Å²) < 4.78 is 14.0. The van der Waals surface area contributed by atoms with Crippen molar-refractivity contribution < 1.29 is 9.18 Å². The first kappa shape index (κ1) is 17.1. The molecule has 0 fully saturated rings. The fraction of sp³-hybridized carbons (Fsp3) is 0.533. The van der Waals surface area contributed by atoms with E-state index in [-0.39, 0.29) is 23.3 Å². The number of amides is 1. The lowest BCUT2D eigenvalue weighted by atomic mass is 10.0. The predicted octanol–water partition coefficient (Wildman–Crippen LogP) is 3.37. The Balaban J connectivity index is 2.56. The maximum Gasteiger partial charge on any atom is 0.237 e. The Labute approximate surface area is 128 Å². The van der Waals surface area contributed by atoms with Gasteiger partial charge >= 0.3 is 0 Å². The molecule has 2 N–H and O–H groups in total. The number of rotatable bonds is 6. The van der Waals surface area contributed by atoms with Crippen LogP contribution in [-0.4, -0.2) is 17.5 Å². The lowest BCUT2D eigenvalue weighted by molar-refractivity contribution is -0.124. The molecule has 0 bridgehead atoms. The number of hydrogen-bond donors (Lipinski definition) is 2. The van der Waals surface area contributed by atoms with E-state index in [1.165, 1.54) is 12.1 Å². The van der Waals surface area contributed by atoms with Crippen molar-refractivity contribution in [1.82, 2.24) is 10.6 Å². The van der Waals surface area contributed by atoms with Gasteiger partial charge in [0.1, 0.15) is 5.82 Å². The van der Waals surface area contributed by atoms with Crippen molar-refractivity contribution in [3.8, 4) is 0 Å². The number of nitrogens with one attached hydrogen (secondary N) is 2. The first-order valence-corrected chi connectivity index (χ1v) is 7.54. The van der Waals surface area contributed by atoms with Gasteiger partial charge in [0.25, 0.3) is 0 Å². The molecule has 0 heterocycles. The largest absolute Gasteiger partial charge is 0.350 e. The third-order valence-electron chi connectivity index (χ3n) is 3.35. The van der Waals surface area contributed by atoms with E-state index in [0.717, 1.165) is 16.5 Å². The van der Waals surface area contributed by atoms with Crippen LogP contribution >= 0.6 is 15.9 Å². The van der Waals surface area contributed by atoms with Crippen LogP contribution in [0.3, 0.4) is 0 Å². The molecule has 0 saturated heterocycles. The highest BCUT2D eigenvalue weighted by Gasteiger charge is 2.21. The zero-order valence-electron chi connectivity index (χ0n) is 12.4. The third kappa shape index (κ3) is 5.21. The quantitative estimate of drug-likeness (QED) is 0.830. The van der Waals surface area contributed by atoms with Crippen molar-refractivity contribution in [3.63, 3.8) is 0 Å². The minimum absolute atomic E-state index is 0.0515. The van der Waals surface area contributed by atoms with E-state index in [4.69, 9.17) is 0 Å². The highest BCUT2D eigenvalue weighted by molar-refractivity contribution is 9.10. The van der Waals surface area contributed by atoms with Crippen LogP contribution in [-0.2, 0) is 11.3 Å². The van der Waals surface area contributed by atoms with Crippen molar-refractivity contribution in [2.24, 2.45) is 0 Å². The van der Waals surface area contributed by atoms with Gasteiger partial charge in [0.2, 0.25) is 5.91 Å². The van der Waals surface area contributed by atoms with E-state index in [1.54, 1.807) is 13.0 Å². The molecular weight excluding hydrogens is 323 g/mol. The van der Waals surface area contributed by atoms with Gasteiger partial charge in [0.05, 0.1) is 6.04 Å². The fourth-order valence-electron chi connectivity index (χ4n) is 1.56. The van der Waals surface area contributed by atoms with Crippen LogP contribution in [0.1, 0.15) is 39.7 Å². The number of carbonyl (C=O) groups is 1. The molecule has 3 nitrogen and oxygen atoms in total. The lowest BCUT2D eigenvalue weighted by Gasteiger charge is -2.26. The highest BCUT2D eigenvalue weighted by atomic mass is 79.9. The van der Waals surface area contributed by atoms with Gasteiger partial charge in [0.15, 0.2) is 0 Å². The molecule has 5 heteroatoms. The van der Waals surface area contributed by atoms with Crippen molar-refractivity contribution >= 4 is 21.8 Å². The van der Waals surface area contributed by atoms with E-state index in [1.807, 2.05) is 20.8 Å². The first-order valence-electron chi connectivity index (χ1n) is 6.74. The molecule has 1 aromatic carbocycles. The summed E-state index contributed by atoms with van der Waals surface area (Å²) in [6.07, 6.45) is 0.862. The summed E-state index contributed by atoms with van der Waals surface area (Å²) in [6.45, 7) is 8.23. The molecule has 1 rings (SSSR count). The second-order valence-electron chi connectivity index (χ2n) is 5.57. The van der Waals surface area contributed by atoms with Gasteiger partial charge in [-0.15, -0.1) is 0 Å². The average Bonchev–Trinajstić information content (AvgIpc) is 2.39. The van der Waals surface area contributed by atoms with Gasteiger partial charge in [-0.25, -0.2) is 4.39 Å². The standard InChI is InChI=1S/C15H22BrFN2O/c1-5-15(3,4)19-14(20)10(2)18-9-11-8-12(17)6-7-13(11)16/h6-8,10,18H,5,9H2,1-4H3,(H,19,20). The van der Waals surface area contributed by atoms with Gasteiger partial charge in [0, 0.05) is 16.6 Å². The van der Waals surface area contributed by atoms with Crippen molar-refractivity contribution in [2.75, 3.05) is 0 Å². The highest BCUT2D eigenvalue weighted by Crippen LogP contribution is 2.17. The van der Waals surface area contributed by atoms with E-state index in [9.17, 15) is 9.18 Å². The van der Waals surface area contributed by atoms with E-state index >= 15 is 0 Å². The molecule has 20 heavy (non-hydrogen) atoms. The minimum atomic E-state index is -0.337. The van der Waals surface area contributed by atoms with Crippen LogP contribution in [0.15, 0.2) is 22.7 Å². The summed E-state index contributed by atoms with van der Waals surface area (Å²) in [6, 6.07) is 4.18. The smallest absolute Gasteiger partial charge is 0.237 e. The number of benzene rings is 1. The Bertz CT molecular complexity index is 477. The van der Waals surface area contributed by atoms with E-state index in [0.29, 0.717) is 6.54 Å². The van der Waals surface area contributed by atoms with Gasteiger partial charge in [-0.2, -0.15) is 0 Å². The zero-order chi connectivity index (χ0) is 15.3. The molecule has 1 aromatic rings. The number of halogens is 2. The summed E-state index contributed by atoms with van der Waals surface area (Å²) in [5.74, 6) is -0.335. The lowest BCUT2D eigenvalue weighted by Crippen LogP contribution is -2.50. The van der Waals surface area contributed by atoms with Gasteiger partial charge in [-0.3, -0.25) is 4.79 Å². The Morgan fingerprint density at radius 2 is 2.10 bits per heavy atom. The molecule has 1 atom stereocenters. The van der Waals surface area contributed by atoms with Gasteiger partial charge in [-0.1, -0.05) is 22.9 Å². The summed E-state index contributed by atoms with van der Waals surface area (Å²) in [7, 11) is 0. The zero-order valence-corrected chi connectivity index (χ0v) is 14.0. The normalized spacial score (nSPS) is 13.1. The molecule has 0 saturated carbocycles. The maximum absolute atomic E-state index is 13.2. The van der Waals surface area contributed by atoms with E-state index in [2.05, 4.69) is 26.6 Å². The van der Waals surface area contributed by atoms with Crippen LogP contribution in [0.2, 0.25) is 0 Å². The molecular formula is C15H22BrFN2O. The Kier molecular flexibility index (Phi) is 6.14. The summed E-state index contributed by atoms with van der Waals surface area (Å²) in [5, 5.41) is 6.09. The fourth-order valence-corrected chi connectivity index (χ4v) is 1.95. The topological polar surface area (TPSA) is 41.1 Å². The van der Waals surface area contributed by atoms with Crippen LogP contribution in [0.5, 0.6) is 0 Å². The van der Waals surface area contributed by atoms with Crippen molar-refractivity contribution in [2.45, 2.75) is 52.2 Å². The Morgan fingerprint density at radius 3 is 2.70 bits per heavy atom. The summed E-state index contributed by atoms with van der Waals surface area (Å²) in [4.78, 5) is 12.0. The molecule has 0 spiro atoms. The second kappa shape index (κ2) is 7.18. The van der Waals surface area contributed by atoms with Gasteiger partial charge in [-0.05, 0) is 51.0 Å². The van der Waals surface area contributed by atoms with Crippen molar-refractivity contribution in [3.05, 3.63) is 34.1 Å². The number of hydrogen-bond acceptors (Lipinski definition) is 2. The van der Waals surface area contributed by atoms with Crippen LogP contribution in [0, 0.1) is 5.82 Å². The monoisotopic (exact) mass is 344 g/mol. The molecule has 0 aliphatic carbocycles. The molecule has 112 valence electrons. The third-order valence-corrected chi connectivity index (χ3v) is 4.12.